The first-order valence-electron chi connectivity index (χ1n) is 8.79. The molecule has 0 saturated heterocycles. The summed E-state index contributed by atoms with van der Waals surface area (Å²) < 4.78 is 13.6. The molecule has 1 fully saturated rings. The van der Waals surface area contributed by atoms with E-state index in [-0.39, 0.29) is 17.8 Å². The maximum atomic E-state index is 13.6. The first-order valence-corrected chi connectivity index (χ1v) is 8.79. The summed E-state index contributed by atoms with van der Waals surface area (Å²) in [5.74, 6) is -0.279. The summed E-state index contributed by atoms with van der Waals surface area (Å²) in [4.78, 5) is 15.1. The lowest BCUT2D eigenvalue weighted by Crippen LogP contribution is -2.50. The van der Waals surface area contributed by atoms with Crippen molar-refractivity contribution in [3.05, 3.63) is 71.5 Å². The molecule has 132 valence electrons. The number of carbonyl (C=O) groups excluding carboxylic acids is 1. The Morgan fingerprint density at radius 2 is 1.88 bits per heavy atom. The van der Waals surface area contributed by atoms with E-state index in [1.54, 1.807) is 6.07 Å². The summed E-state index contributed by atoms with van der Waals surface area (Å²) in [5, 5.41) is 3.12. The van der Waals surface area contributed by atoms with Gasteiger partial charge in [0.1, 0.15) is 5.82 Å². The van der Waals surface area contributed by atoms with Crippen molar-refractivity contribution in [2.24, 2.45) is 0 Å². The summed E-state index contributed by atoms with van der Waals surface area (Å²) in [6, 6.07) is 16.7. The molecule has 1 aliphatic rings. The molecule has 0 heterocycles. The van der Waals surface area contributed by atoms with Crippen LogP contribution >= 0.6 is 0 Å². The first kappa shape index (κ1) is 17.6. The first-order chi connectivity index (χ1) is 12.0. The topological polar surface area (TPSA) is 32.3 Å². The number of amides is 1. The monoisotopic (exact) mass is 340 g/mol. The number of likely N-dealkylation sites (N-methyl/N-ethyl adjacent to an activating group) is 1. The van der Waals surface area contributed by atoms with Gasteiger partial charge in [0.25, 0.3) is 0 Å². The van der Waals surface area contributed by atoms with Crippen molar-refractivity contribution >= 4 is 5.91 Å². The fraction of sp³-hybridized carbons (Fsp3) is 0.381. The normalized spacial score (nSPS) is 17.0. The Morgan fingerprint density at radius 1 is 1.16 bits per heavy atom. The molecule has 25 heavy (non-hydrogen) atoms. The van der Waals surface area contributed by atoms with Gasteiger partial charge in [-0.3, -0.25) is 4.79 Å². The van der Waals surface area contributed by atoms with E-state index < -0.39 is 5.41 Å². The Labute approximate surface area is 148 Å². The quantitative estimate of drug-likeness (QED) is 0.870. The van der Waals surface area contributed by atoms with Crippen LogP contribution in [0.2, 0.25) is 0 Å². The van der Waals surface area contributed by atoms with Crippen LogP contribution in [0.25, 0.3) is 0 Å². The maximum absolute atomic E-state index is 13.6. The van der Waals surface area contributed by atoms with Gasteiger partial charge in [-0.05, 0) is 50.2 Å². The molecule has 1 amide bonds. The predicted octanol–water partition coefficient (Wildman–Crippen LogP) is 3.67. The van der Waals surface area contributed by atoms with E-state index in [4.69, 9.17) is 0 Å². The third-order valence-electron chi connectivity index (χ3n) is 5.28. The second kappa shape index (κ2) is 7.36. The molecule has 1 atom stereocenters. The molecule has 4 heteroatoms. The smallest absolute Gasteiger partial charge is 0.230 e. The van der Waals surface area contributed by atoms with Crippen LogP contribution in [0.3, 0.4) is 0 Å². The van der Waals surface area contributed by atoms with E-state index in [2.05, 4.69) is 22.3 Å². The lowest BCUT2D eigenvalue weighted by atomic mass is 9.63. The van der Waals surface area contributed by atoms with Crippen molar-refractivity contribution in [1.82, 2.24) is 10.2 Å². The number of halogens is 1. The van der Waals surface area contributed by atoms with Gasteiger partial charge in [-0.25, -0.2) is 4.39 Å². The van der Waals surface area contributed by atoms with Crippen LogP contribution in [0.4, 0.5) is 4.39 Å². The number of rotatable bonds is 6. The summed E-state index contributed by atoms with van der Waals surface area (Å²) in [6.07, 6.45) is 2.56. The van der Waals surface area contributed by atoms with Crippen molar-refractivity contribution in [1.29, 1.82) is 0 Å². The van der Waals surface area contributed by atoms with Gasteiger partial charge >= 0.3 is 0 Å². The van der Waals surface area contributed by atoms with Crippen LogP contribution in [-0.2, 0) is 10.2 Å². The van der Waals surface area contributed by atoms with Gasteiger partial charge in [0.2, 0.25) is 5.91 Å². The third-order valence-corrected chi connectivity index (χ3v) is 5.28. The molecule has 1 saturated carbocycles. The molecule has 0 aromatic heterocycles. The number of hydrogen-bond acceptors (Lipinski definition) is 2. The summed E-state index contributed by atoms with van der Waals surface area (Å²) in [7, 11) is 4.02. The largest absolute Gasteiger partial charge is 0.353 e. The van der Waals surface area contributed by atoms with Crippen LogP contribution in [0.1, 0.15) is 36.4 Å². The Hall–Kier alpha value is -2.20. The molecule has 1 N–H and O–H groups in total. The number of benzene rings is 2. The molecule has 0 radical (unpaired) electrons. The lowest BCUT2D eigenvalue weighted by Gasteiger charge is -2.41. The highest BCUT2D eigenvalue weighted by Crippen LogP contribution is 2.44. The van der Waals surface area contributed by atoms with Crippen molar-refractivity contribution in [2.45, 2.75) is 30.7 Å². The SMILES string of the molecule is CN(C)C(CNC(=O)C1(c2cccc(F)c2)CCC1)c1ccccc1. The van der Waals surface area contributed by atoms with Crippen LogP contribution < -0.4 is 5.32 Å². The van der Waals surface area contributed by atoms with Gasteiger partial charge in [0.05, 0.1) is 11.5 Å². The number of nitrogens with one attached hydrogen (secondary N) is 1. The molecular formula is C21H25FN2O. The number of carbonyl (C=O) groups is 1. The molecular weight excluding hydrogens is 315 g/mol. The fourth-order valence-corrected chi connectivity index (χ4v) is 3.60. The second-order valence-electron chi connectivity index (χ2n) is 7.05. The summed E-state index contributed by atoms with van der Waals surface area (Å²) >= 11 is 0. The van der Waals surface area contributed by atoms with Crippen LogP contribution in [0.15, 0.2) is 54.6 Å². The van der Waals surface area contributed by atoms with E-state index in [0.717, 1.165) is 24.8 Å². The predicted molar refractivity (Wildman–Crippen MR) is 97.8 cm³/mol. The fourth-order valence-electron chi connectivity index (χ4n) is 3.60. The molecule has 1 unspecified atom stereocenters. The summed E-state index contributed by atoms with van der Waals surface area (Å²) in [5.41, 5.74) is 1.38. The molecule has 2 aromatic carbocycles. The number of nitrogens with zero attached hydrogens (tertiary/aromatic N) is 1. The second-order valence-corrected chi connectivity index (χ2v) is 7.05. The van der Waals surface area contributed by atoms with Gasteiger partial charge in [-0.2, -0.15) is 0 Å². The molecule has 3 nitrogen and oxygen atoms in total. The molecule has 0 bridgehead atoms. The van der Waals surface area contributed by atoms with Crippen LogP contribution in [-0.4, -0.2) is 31.4 Å². The third kappa shape index (κ3) is 3.59. The van der Waals surface area contributed by atoms with Gasteiger partial charge in [0, 0.05) is 6.54 Å². The van der Waals surface area contributed by atoms with Crippen molar-refractivity contribution in [3.63, 3.8) is 0 Å². The number of hydrogen-bond donors (Lipinski definition) is 1. The highest BCUT2D eigenvalue weighted by molar-refractivity contribution is 5.89. The van der Waals surface area contributed by atoms with Gasteiger partial charge in [-0.1, -0.05) is 48.9 Å². The van der Waals surface area contributed by atoms with Crippen molar-refractivity contribution < 1.29 is 9.18 Å². The van der Waals surface area contributed by atoms with E-state index in [9.17, 15) is 9.18 Å². The minimum absolute atomic E-state index is 0.00660. The highest BCUT2D eigenvalue weighted by atomic mass is 19.1. The minimum Gasteiger partial charge on any atom is -0.353 e. The van der Waals surface area contributed by atoms with E-state index >= 15 is 0 Å². The Bertz CT molecular complexity index is 726. The molecule has 1 aliphatic carbocycles. The average molecular weight is 340 g/mol. The zero-order chi connectivity index (χ0) is 17.9. The maximum Gasteiger partial charge on any atom is 0.230 e. The van der Waals surface area contributed by atoms with E-state index in [1.165, 1.54) is 17.7 Å². The zero-order valence-electron chi connectivity index (χ0n) is 14.8. The Morgan fingerprint density at radius 3 is 2.44 bits per heavy atom. The summed E-state index contributed by atoms with van der Waals surface area (Å²) in [6.45, 7) is 0.535. The standard InChI is InChI=1S/C21H25FN2O/c1-24(2)19(16-8-4-3-5-9-16)15-23-20(25)21(12-7-13-21)17-10-6-11-18(22)14-17/h3-6,8-11,14,19H,7,12-13,15H2,1-2H3,(H,23,25). The average Bonchev–Trinajstić information content (AvgIpc) is 2.55. The zero-order valence-corrected chi connectivity index (χ0v) is 14.8. The molecule has 3 rings (SSSR count). The lowest BCUT2D eigenvalue weighted by molar-refractivity contribution is -0.130. The Kier molecular flexibility index (Phi) is 5.19. The van der Waals surface area contributed by atoms with Crippen LogP contribution in [0.5, 0.6) is 0 Å². The molecule has 2 aromatic rings. The van der Waals surface area contributed by atoms with Crippen molar-refractivity contribution in [2.75, 3.05) is 20.6 Å². The molecule has 0 aliphatic heterocycles. The van der Waals surface area contributed by atoms with Gasteiger partial charge < -0.3 is 10.2 Å². The van der Waals surface area contributed by atoms with E-state index in [0.29, 0.717) is 6.54 Å². The van der Waals surface area contributed by atoms with Gasteiger partial charge in [0.15, 0.2) is 0 Å². The molecule has 0 spiro atoms. The van der Waals surface area contributed by atoms with E-state index in [1.807, 2.05) is 38.4 Å². The van der Waals surface area contributed by atoms with Crippen molar-refractivity contribution in [3.8, 4) is 0 Å². The van der Waals surface area contributed by atoms with Crippen LogP contribution in [0, 0.1) is 5.82 Å². The van der Waals surface area contributed by atoms with Gasteiger partial charge in [-0.15, -0.1) is 0 Å². The highest BCUT2D eigenvalue weighted by Gasteiger charge is 2.45. The minimum atomic E-state index is -0.574. The Balaban J connectivity index is 1.74.